The number of nitrogens with zero attached hydrogens (tertiary/aromatic N) is 5. The minimum absolute atomic E-state index is 0.301. The number of rotatable bonds is 7. The van der Waals surface area contributed by atoms with Gasteiger partial charge < -0.3 is 9.72 Å². The van der Waals surface area contributed by atoms with Gasteiger partial charge in [0.15, 0.2) is 5.75 Å². The summed E-state index contributed by atoms with van der Waals surface area (Å²) in [4.78, 5) is 22.1. The van der Waals surface area contributed by atoms with Crippen LogP contribution in [0.25, 0.3) is 27.9 Å². The number of nitrogens with one attached hydrogen (secondary N) is 1. The average molecular weight is 475 g/mol. The topological polar surface area (TPSA) is 88.4 Å². The zero-order valence-corrected chi connectivity index (χ0v) is 21.3. The van der Waals surface area contributed by atoms with E-state index in [1.807, 2.05) is 13.8 Å². The summed E-state index contributed by atoms with van der Waals surface area (Å²) in [7, 11) is 1.66. The van der Waals surface area contributed by atoms with E-state index in [1.54, 1.807) is 11.7 Å². The number of ether oxygens (including phenoxy) is 1. The lowest BCUT2D eigenvalue weighted by Crippen LogP contribution is -2.36. The van der Waals surface area contributed by atoms with Gasteiger partial charge in [0.1, 0.15) is 17.8 Å². The number of Topliss-reactive ketones (excluding diaryl/α,β-unsaturated/α-hetero) is 1. The summed E-state index contributed by atoms with van der Waals surface area (Å²) < 4.78 is 7.23. The van der Waals surface area contributed by atoms with Crippen LogP contribution in [-0.2, 0) is 4.79 Å². The van der Waals surface area contributed by atoms with Crippen molar-refractivity contribution in [2.75, 3.05) is 26.7 Å². The Kier molecular flexibility index (Phi) is 6.32. The molecule has 0 aliphatic carbocycles. The number of fused-ring (bicyclic) bond motifs is 2. The lowest BCUT2D eigenvalue weighted by molar-refractivity contribution is -0.120. The third kappa shape index (κ3) is 4.20. The third-order valence-electron chi connectivity index (χ3n) is 7.36. The Morgan fingerprint density at radius 2 is 2.03 bits per heavy atom. The molecule has 1 fully saturated rings. The van der Waals surface area contributed by atoms with Crippen molar-refractivity contribution in [3.63, 3.8) is 0 Å². The fourth-order valence-corrected chi connectivity index (χ4v) is 5.44. The van der Waals surface area contributed by atoms with Crippen molar-refractivity contribution in [3.05, 3.63) is 41.2 Å². The highest BCUT2D eigenvalue weighted by Gasteiger charge is 2.25. The Labute approximate surface area is 205 Å². The van der Waals surface area contributed by atoms with Crippen LogP contribution in [0.1, 0.15) is 68.6 Å². The first-order valence-electron chi connectivity index (χ1n) is 12.6. The lowest BCUT2D eigenvalue weighted by Gasteiger charge is -2.31. The van der Waals surface area contributed by atoms with Gasteiger partial charge in [0.05, 0.1) is 19.3 Å². The van der Waals surface area contributed by atoms with E-state index in [9.17, 15) is 4.79 Å². The van der Waals surface area contributed by atoms with Crippen LogP contribution in [0.2, 0.25) is 0 Å². The van der Waals surface area contributed by atoms with Gasteiger partial charge in [-0.1, -0.05) is 26.8 Å². The predicted molar refractivity (Wildman–Crippen MR) is 137 cm³/mol. The molecule has 4 heterocycles. The molecule has 1 aromatic carbocycles. The molecule has 3 aromatic heterocycles. The van der Waals surface area contributed by atoms with E-state index in [0.717, 1.165) is 48.4 Å². The molecule has 1 N–H and O–H groups in total. The highest BCUT2D eigenvalue weighted by atomic mass is 16.5. The molecule has 8 nitrogen and oxygen atoms in total. The highest BCUT2D eigenvalue weighted by molar-refractivity contribution is 5.92. The summed E-state index contributed by atoms with van der Waals surface area (Å²) >= 11 is 0. The number of likely N-dealkylation sites (tertiary alicyclic amines) is 1. The van der Waals surface area contributed by atoms with Gasteiger partial charge in [-0.15, -0.1) is 14.8 Å². The first-order valence-corrected chi connectivity index (χ1v) is 12.6. The minimum atomic E-state index is 0.301. The molecule has 0 atom stereocenters. The van der Waals surface area contributed by atoms with Gasteiger partial charge >= 0.3 is 0 Å². The van der Waals surface area contributed by atoms with E-state index >= 15 is 0 Å². The van der Waals surface area contributed by atoms with Gasteiger partial charge in [0, 0.05) is 22.9 Å². The molecule has 1 aliphatic heterocycles. The molecule has 1 aliphatic rings. The number of benzene rings is 1. The first kappa shape index (κ1) is 23.5. The van der Waals surface area contributed by atoms with E-state index in [0.29, 0.717) is 42.0 Å². The van der Waals surface area contributed by atoms with Gasteiger partial charge in [-0.2, -0.15) is 0 Å². The van der Waals surface area contributed by atoms with Crippen LogP contribution in [0.15, 0.2) is 24.5 Å². The molecule has 4 aromatic rings. The number of hydrogen-bond acceptors (Lipinski definition) is 6. The van der Waals surface area contributed by atoms with Crippen molar-refractivity contribution < 1.29 is 9.53 Å². The molecule has 184 valence electrons. The molecular formula is C27H34N6O2. The third-order valence-corrected chi connectivity index (χ3v) is 7.36. The molecule has 0 saturated carbocycles. The van der Waals surface area contributed by atoms with Gasteiger partial charge in [-0.05, 0) is 68.0 Å². The van der Waals surface area contributed by atoms with Gasteiger partial charge in [0.2, 0.25) is 5.65 Å². The Morgan fingerprint density at radius 3 is 2.71 bits per heavy atom. The second kappa shape index (κ2) is 9.41. The van der Waals surface area contributed by atoms with E-state index < -0.39 is 0 Å². The molecule has 1 saturated heterocycles. The highest BCUT2D eigenvalue weighted by Crippen LogP contribution is 2.40. The number of piperidine rings is 1. The number of aromatic nitrogens is 5. The summed E-state index contributed by atoms with van der Waals surface area (Å²) in [6.45, 7) is 11.0. The smallest absolute Gasteiger partial charge is 0.218 e. The first-order chi connectivity index (χ1) is 16.9. The van der Waals surface area contributed by atoms with E-state index in [-0.39, 0.29) is 0 Å². The maximum absolute atomic E-state index is 11.9. The molecule has 0 bridgehead atoms. The molecule has 8 heteroatoms. The number of carbonyl (C=O) groups excluding carboxylic acids is 1. The Bertz CT molecular complexity index is 1380. The van der Waals surface area contributed by atoms with Crippen LogP contribution in [0.5, 0.6) is 5.75 Å². The van der Waals surface area contributed by atoms with Crippen molar-refractivity contribution in [1.29, 1.82) is 0 Å². The number of hydrogen-bond donors (Lipinski definition) is 1. The van der Waals surface area contributed by atoms with Crippen molar-refractivity contribution in [2.24, 2.45) is 0 Å². The fraction of sp³-hybridized carbons (Fsp3) is 0.481. The van der Waals surface area contributed by atoms with Crippen LogP contribution in [0.3, 0.4) is 0 Å². The maximum atomic E-state index is 11.9. The minimum Gasteiger partial charge on any atom is -0.492 e. The molecule has 0 spiro atoms. The zero-order chi connectivity index (χ0) is 24.7. The molecule has 0 unspecified atom stereocenters. The lowest BCUT2D eigenvalue weighted by atomic mass is 9.87. The average Bonchev–Trinajstić information content (AvgIpc) is 3.48. The van der Waals surface area contributed by atoms with Crippen molar-refractivity contribution in [2.45, 2.75) is 58.8 Å². The number of carbonyl (C=O) groups is 1. The molecule has 0 amide bonds. The Hall–Kier alpha value is -3.26. The fourth-order valence-electron chi connectivity index (χ4n) is 5.44. The number of methoxy groups -OCH3 is 1. The van der Waals surface area contributed by atoms with Crippen molar-refractivity contribution in [1.82, 2.24) is 29.7 Å². The molecule has 5 rings (SSSR count). The summed E-state index contributed by atoms with van der Waals surface area (Å²) in [5.41, 5.74) is 7.13. The number of H-pyrrole nitrogens is 1. The standard InChI is InChI=1S/C27H34N6O2/c1-6-20(34)14-32-11-9-18(10-12-32)19-7-8-22-21(13-19)23(16(2)3)25(30-22)24-17(4)26(35-5)27-28-15-29-33(27)31-24/h7-8,13,15-16,18,30H,6,9-12,14H2,1-5H3. The largest absolute Gasteiger partial charge is 0.492 e. The van der Waals surface area contributed by atoms with Crippen LogP contribution < -0.4 is 4.74 Å². The summed E-state index contributed by atoms with van der Waals surface area (Å²) in [5.74, 6) is 1.83. The van der Waals surface area contributed by atoms with Crippen LogP contribution >= 0.6 is 0 Å². The number of ketones is 1. The van der Waals surface area contributed by atoms with E-state index in [4.69, 9.17) is 9.84 Å². The summed E-state index contributed by atoms with van der Waals surface area (Å²) in [5, 5.41) is 10.3. The second-order valence-corrected chi connectivity index (χ2v) is 9.90. The number of aromatic amines is 1. The van der Waals surface area contributed by atoms with Crippen LogP contribution in [0, 0.1) is 6.92 Å². The summed E-state index contributed by atoms with van der Waals surface area (Å²) in [6, 6.07) is 6.82. The quantitative estimate of drug-likeness (QED) is 0.411. The summed E-state index contributed by atoms with van der Waals surface area (Å²) in [6.07, 6.45) is 4.28. The molecule has 35 heavy (non-hydrogen) atoms. The Balaban J connectivity index is 1.53. The van der Waals surface area contributed by atoms with Crippen molar-refractivity contribution >= 4 is 22.3 Å². The SMILES string of the molecule is CCC(=O)CN1CCC(c2ccc3[nH]c(-c4nn5ncnc5c(OC)c4C)c(C(C)C)c3c2)CC1. The van der Waals surface area contributed by atoms with Gasteiger partial charge in [-0.3, -0.25) is 9.69 Å². The zero-order valence-electron chi connectivity index (χ0n) is 21.3. The monoisotopic (exact) mass is 474 g/mol. The predicted octanol–water partition coefficient (Wildman–Crippen LogP) is 4.87. The normalized spacial score (nSPS) is 15.5. The Morgan fingerprint density at radius 1 is 1.26 bits per heavy atom. The molecule has 0 radical (unpaired) electrons. The van der Waals surface area contributed by atoms with Crippen LogP contribution in [-0.4, -0.2) is 62.2 Å². The van der Waals surface area contributed by atoms with Gasteiger partial charge in [-0.25, -0.2) is 4.98 Å². The van der Waals surface area contributed by atoms with E-state index in [1.165, 1.54) is 22.8 Å². The maximum Gasteiger partial charge on any atom is 0.218 e. The second-order valence-electron chi connectivity index (χ2n) is 9.90. The van der Waals surface area contributed by atoms with Crippen LogP contribution in [0.4, 0.5) is 0 Å². The van der Waals surface area contributed by atoms with Gasteiger partial charge in [0.25, 0.3) is 0 Å². The van der Waals surface area contributed by atoms with Crippen molar-refractivity contribution in [3.8, 4) is 17.1 Å². The van der Waals surface area contributed by atoms with E-state index in [2.05, 4.69) is 52.0 Å². The molecular weight excluding hydrogens is 440 g/mol.